The zero-order chi connectivity index (χ0) is 37.8. The van der Waals surface area contributed by atoms with E-state index in [4.69, 9.17) is 11.5 Å². The van der Waals surface area contributed by atoms with Crippen LogP contribution in [0.1, 0.15) is 22.3 Å². The van der Waals surface area contributed by atoms with E-state index in [1.54, 1.807) is 0 Å². The molecule has 0 saturated carbocycles. The van der Waals surface area contributed by atoms with Gasteiger partial charge in [0.1, 0.15) is 0 Å². The summed E-state index contributed by atoms with van der Waals surface area (Å²) in [5.74, 6) is 0. The van der Waals surface area contributed by atoms with Crippen molar-refractivity contribution in [3.63, 3.8) is 0 Å². The van der Waals surface area contributed by atoms with Crippen LogP contribution in [0.15, 0.2) is 218 Å². The average Bonchev–Trinajstić information content (AvgIpc) is 3.78. The van der Waals surface area contributed by atoms with E-state index in [0.717, 1.165) is 67.1 Å². The third-order valence-corrected chi connectivity index (χ3v) is 10.4. The normalized spacial score (nSPS) is 12.3. The van der Waals surface area contributed by atoms with E-state index in [2.05, 4.69) is 179 Å². The minimum atomic E-state index is 0.762. The van der Waals surface area contributed by atoms with E-state index in [1.165, 1.54) is 21.5 Å². The summed E-state index contributed by atoms with van der Waals surface area (Å²) in [6.07, 6.45) is 0. The van der Waals surface area contributed by atoms with Gasteiger partial charge in [-0.25, -0.2) is 0 Å². The molecule has 0 spiro atoms. The molecule has 2 heterocycles. The van der Waals surface area contributed by atoms with E-state index in [9.17, 15) is 0 Å². The monoisotopic (exact) mass is 720 g/mol. The average molecular weight is 721 g/mol. The fraction of sp³-hybridized carbons (Fsp3) is 0. The molecule has 0 aliphatic heterocycles. The summed E-state index contributed by atoms with van der Waals surface area (Å²) in [6.45, 7) is 0. The fourth-order valence-electron chi connectivity index (χ4n) is 7.84. The molecule has 0 amide bonds. The van der Waals surface area contributed by atoms with Gasteiger partial charge in [-0.3, -0.25) is 0 Å². The van der Waals surface area contributed by atoms with Crippen molar-refractivity contribution in [2.24, 2.45) is 11.5 Å². The Morgan fingerprint density at radius 3 is 0.732 bits per heavy atom. The first-order valence-electron chi connectivity index (χ1n) is 18.9. The second-order valence-electron chi connectivity index (χ2n) is 13.7. The zero-order valence-electron chi connectivity index (χ0n) is 30.8. The van der Waals surface area contributed by atoms with Crippen LogP contribution in [0.2, 0.25) is 0 Å². The summed E-state index contributed by atoms with van der Waals surface area (Å²) in [5.41, 5.74) is 26.0. The molecule has 0 radical (unpaired) electrons. The number of rotatable bonds is 6. The van der Waals surface area contributed by atoms with Gasteiger partial charge in [0.15, 0.2) is 0 Å². The van der Waals surface area contributed by atoms with Crippen LogP contribution in [-0.4, -0.2) is 9.13 Å². The van der Waals surface area contributed by atoms with Crippen molar-refractivity contribution in [2.75, 3.05) is 0 Å². The quantitative estimate of drug-likeness (QED) is 0.168. The first kappa shape index (κ1) is 34.2. The smallest absolute Gasteiger partial charge is 0.0770 e. The van der Waals surface area contributed by atoms with Crippen LogP contribution >= 0.6 is 0 Å². The molecule has 4 heteroatoms. The van der Waals surface area contributed by atoms with Gasteiger partial charge >= 0.3 is 0 Å². The van der Waals surface area contributed by atoms with Crippen LogP contribution in [-0.2, 0) is 0 Å². The highest BCUT2D eigenvalue weighted by Gasteiger charge is 2.19. The summed E-state index contributed by atoms with van der Waals surface area (Å²) in [6, 6.07) is 75.2. The minimum absolute atomic E-state index is 0.762. The van der Waals surface area contributed by atoms with Crippen molar-refractivity contribution in [1.29, 1.82) is 0 Å². The zero-order valence-corrected chi connectivity index (χ0v) is 30.8. The largest absolute Gasteiger partial charge is 0.397 e. The van der Waals surface area contributed by atoms with Gasteiger partial charge in [0.25, 0.3) is 0 Å². The SMILES string of the molecule is N/C(=C(/c1ccccc1)n1c2ccccc2c2ccccc21)c1ccccc1.N/C(=C(/c1ccccc1)n1c2ccccc2c2ccccc21)c1ccccc1. The van der Waals surface area contributed by atoms with Crippen molar-refractivity contribution in [3.05, 3.63) is 241 Å². The first-order chi connectivity index (χ1) is 27.7. The Kier molecular flexibility index (Phi) is 9.20. The maximum atomic E-state index is 6.80. The van der Waals surface area contributed by atoms with Crippen LogP contribution in [0, 0.1) is 0 Å². The van der Waals surface area contributed by atoms with Gasteiger partial charge in [0.2, 0.25) is 0 Å². The Morgan fingerprint density at radius 2 is 0.464 bits per heavy atom. The number of hydrogen-bond acceptors (Lipinski definition) is 2. The van der Waals surface area contributed by atoms with Gasteiger partial charge in [-0.05, 0) is 35.4 Å². The molecule has 0 bridgehead atoms. The molecule has 0 unspecified atom stereocenters. The van der Waals surface area contributed by atoms with Gasteiger partial charge in [0, 0.05) is 32.7 Å². The van der Waals surface area contributed by atoms with Gasteiger partial charge in [-0.15, -0.1) is 0 Å². The highest BCUT2D eigenvalue weighted by molar-refractivity contribution is 6.13. The maximum absolute atomic E-state index is 6.80. The third kappa shape index (κ3) is 6.19. The Morgan fingerprint density at radius 1 is 0.250 bits per heavy atom. The standard InChI is InChI=1S/2C26H20N2/c2*27-25(19-11-3-1-4-12-19)26(20-13-5-2-6-14-20)28-23-17-9-7-15-21(23)22-16-8-10-18-24(22)28/h2*1-18H,27H2/b2*26-25-. The van der Waals surface area contributed by atoms with Gasteiger partial charge in [-0.1, -0.05) is 194 Å². The van der Waals surface area contributed by atoms with Crippen molar-refractivity contribution in [2.45, 2.75) is 0 Å². The summed E-state index contributed by atoms with van der Waals surface area (Å²) in [5, 5.41) is 4.92. The lowest BCUT2D eigenvalue weighted by atomic mass is 10.0. The highest BCUT2D eigenvalue weighted by Crippen LogP contribution is 2.37. The van der Waals surface area contributed by atoms with E-state index < -0.39 is 0 Å². The van der Waals surface area contributed by atoms with Crippen molar-refractivity contribution in [3.8, 4) is 0 Å². The summed E-state index contributed by atoms with van der Waals surface area (Å²) in [4.78, 5) is 0. The number of nitrogens with two attached hydrogens (primary N) is 2. The molecular formula is C52H40N4. The second-order valence-corrected chi connectivity index (χ2v) is 13.7. The Balaban J connectivity index is 0.000000146. The molecule has 8 aromatic carbocycles. The van der Waals surface area contributed by atoms with Gasteiger partial charge < -0.3 is 20.6 Å². The van der Waals surface area contributed by atoms with Crippen LogP contribution in [0.3, 0.4) is 0 Å². The highest BCUT2D eigenvalue weighted by atomic mass is 15.0. The molecule has 56 heavy (non-hydrogen) atoms. The number of aromatic nitrogens is 2. The molecular weight excluding hydrogens is 681 g/mol. The predicted molar refractivity (Wildman–Crippen MR) is 237 cm³/mol. The molecule has 4 nitrogen and oxygen atoms in total. The van der Waals surface area contributed by atoms with Crippen molar-refractivity contribution >= 4 is 66.4 Å². The molecule has 0 aliphatic carbocycles. The number of hydrogen-bond donors (Lipinski definition) is 2. The minimum Gasteiger partial charge on any atom is -0.397 e. The number of para-hydroxylation sites is 4. The molecule has 0 fully saturated rings. The fourth-order valence-corrected chi connectivity index (χ4v) is 7.84. The molecule has 268 valence electrons. The molecule has 0 aliphatic rings. The number of fused-ring (bicyclic) bond motifs is 6. The summed E-state index contributed by atoms with van der Waals surface area (Å²) < 4.78 is 4.59. The molecule has 4 N–H and O–H groups in total. The molecule has 2 aromatic heterocycles. The topological polar surface area (TPSA) is 61.9 Å². The number of benzene rings is 8. The van der Waals surface area contributed by atoms with E-state index >= 15 is 0 Å². The summed E-state index contributed by atoms with van der Waals surface area (Å²) in [7, 11) is 0. The van der Waals surface area contributed by atoms with Crippen LogP contribution in [0.5, 0.6) is 0 Å². The molecule has 0 atom stereocenters. The Hall–Kier alpha value is -7.56. The van der Waals surface area contributed by atoms with Crippen LogP contribution < -0.4 is 11.5 Å². The lowest BCUT2D eigenvalue weighted by Gasteiger charge is -2.17. The lowest BCUT2D eigenvalue weighted by Crippen LogP contribution is -2.08. The Labute approximate surface area is 326 Å². The molecule has 0 saturated heterocycles. The van der Waals surface area contributed by atoms with Gasteiger partial charge in [-0.2, -0.15) is 0 Å². The van der Waals surface area contributed by atoms with Crippen molar-refractivity contribution < 1.29 is 0 Å². The summed E-state index contributed by atoms with van der Waals surface area (Å²) >= 11 is 0. The second kappa shape index (κ2) is 15.1. The van der Waals surface area contributed by atoms with E-state index in [-0.39, 0.29) is 0 Å². The van der Waals surface area contributed by atoms with Crippen molar-refractivity contribution in [1.82, 2.24) is 9.13 Å². The maximum Gasteiger partial charge on any atom is 0.0770 e. The van der Waals surface area contributed by atoms with Crippen LogP contribution in [0.25, 0.3) is 66.4 Å². The van der Waals surface area contributed by atoms with E-state index in [0.29, 0.717) is 0 Å². The predicted octanol–water partition coefficient (Wildman–Crippen LogP) is 12.3. The van der Waals surface area contributed by atoms with Crippen LogP contribution in [0.4, 0.5) is 0 Å². The molecule has 10 aromatic rings. The van der Waals surface area contributed by atoms with Gasteiger partial charge in [0.05, 0.1) is 44.9 Å². The lowest BCUT2D eigenvalue weighted by molar-refractivity contribution is 1.21. The Bertz CT molecular complexity index is 2690. The first-order valence-corrected chi connectivity index (χ1v) is 18.9. The number of nitrogens with zero attached hydrogens (tertiary/aromatic N) is 2. The molecule has 10 rings (SSSR count). The van der Waals surface area contributed by atoms with E-state index in [1.807, 2.05) is 48.5 Å². The third-order valence-electron chi connectivity index (χ3n) is 10.4.